The second kappa shape index (κ2) is 5.40. The smallest absolute Gasteiger partial charge is 0.0782 e. The molecule has 0 fully saturated rings. The SMILES string of the molecule is CC(O)c1ccc(Br)cc1N(C)CC(C)(C)C. The molecule has 0 aliphatic carbocycles. The lowest BCUT2D eigenvalue weighted by atomic mass is 9.95. The molecule has 1 unspecified atom stereocenters. The molecule has 0 saturated heterocycles. The predicted molar refractivity (Wildman–Crippen MR) is 77.5 cm³/mol. The van der Waals surface area contributed by atoms with E-state index in [1.165, 1.54) is 0 Å². The Morgan fingerprint density at radius 1 is 1.35 bits per heavy atom. The molecule has 0 spiro atoms. The van der Waals surface area contributed by atoms with Crippen LogP contribution in [0.4, 0.5) is 5.69 Å². The molecule has 1 atom stereocenters. The first-order valence-electron chi connectivity index (χ1n) is 5.89. The van der Waals surface area contributed by atoms with Gasteiger partial charge in [0.15, 0.2) is 0 Å². The van der Waals surface area contributed by atoms with Gasteiger partial charge in [0.05, 0.1) is 6.10 Å². The third-order valence-corrected chi connectivity index (χ3v) is 3.06. The molecule has 96 valence electrons. The molecule has 0 heterocycles. The maximum Gasteiger partial charge on any atom is 0.0782 e. The van der Waals surface area contributed by atoms with Crippen LogP contribution in [-0.4, -0.2) is 18.7 Å². The Balaban J connectivity index is 3.06. The number of rotatable bonds is 3. The van der Waals surface area contributed by atoms with Crippen LogP contribution in [-0.2, 0) is 0 Å². The Morgan fingerprint density at radius 3 is 2.41 bits per heavy atom. The Bertz CT molecular complexity index is 382. The number of nitrogens with zero attached hydrogens (tertiary/aromatic N) is 1. The maximum absolute atomic E-state index is 9.80. The van der Waals surface area contributed by atoms with Crippen molar-refractivity contribution in [2.24, 2.45) is 5.41 Å². The number of hydrogen-bond acceptors (Lipinski definition) is 2. The van der Waals surface area contributed by atoms with E-state index in [9.17, 15) is 5.11 Å². The van der Waals surface area contributed by atoms with Gasteiger partial charge in [-0.15, -0.1) is 0 Å². The van der Waals surface area contributed by atoms with Gasteiger partial charge in [-0.25, -0.2) is 0 Å². The van der Waals surface area contributed by atoms with E-state index < -0.39 is 6.10 Å². The van der Waals surface area contributed by atoms with Crippen molar-refractivity contribution in [3.05, 3.63) is 28.2 Å². The van der Waals surface area contributed by atoms with Gasteiger partial charge in [0.2, 0.25) is 0 Å². The van der Waals surface area contributed by atoms with Crippen molar-refractivity contribution in [3.63, 3.8) is 0 Å². The van der Waals surface area contributed by atoms with E-state index in [4.69, 9.17) is 0 Å². The van der Waals surface area contributed by atoms with Crippen LogP contribution in [0.3, 0.4) is 0 Å². The standard InChI is InChI=1S/C14H22BrNO/c1-10(17)12-7-6-11(15)8-13(12)16(5)9-14(2,3)4/h6-8,10,17H,9H2,1-5H3. The summed E-state index contributed by atoms with van der Waals surface area (Å²) in [6, 6.07) is 6.01. The van der Waals surface area contributed by atoms with Crippen LogP contribution in [0.2, 0.25) is 0 Å². The summed E-state index contributed by atoms with van der Waals surface area (Å²) in [5, 5.41) is 9.80. The van der Waals surface area contributed by atoms with Gasteiger partial charge in [-0.2, -0.15) is 0 Å². The minimum absolute atomic E-state index is 0.229. The molecule has 1 N–H and O–H groups in total. The molecule has 17 heavy (non-hydrogen) atoms. The minimum atomic E-state index is -0.444. The van der Waals surface area contributed by atoms with Crippen LogP contribution in [0.15, 0.2) is 22.7 Å². The van der Waals surface area contributed by atoms with Crippen LogP contribution in [0.5, 0.6) is 0 Å². The molecule has 0 radical (unpaired) electrons. The topological polar surface area (TPSA) is 23.5 Å². The number of aliphatic hydroxyl groups is 1. The Hall–Kier alpha value is -0.540. The first-order valence-corrected chi connectivity index (χ1v) is 6.68. The highest BCUT2D eigenvalue weighted by molar-refractivity contribution is 9.10. The maximum atomic E-state index is 9.80. The normalized spacial score (nSPS) is 13.6. The summed E-state index contributed by atoms with van der Waals surface area (Å²) >= 11 is 3.49. The molecular weight excluding hydrogens is 278 g/mol. The van der Waals surface area contributed by atoms with Crippen molar-refractivity contribution in [1.82, 2.24) is 0 Å². The minimum Gasteiger partial charge on any atom is -0.389 e. The van der Waals surface area contributed by atoms with Gasteiger partial charge in [-0.05, 0) is 24.5 Å². The van der Waals surface area contributed by atoms with E-state index in [1.807, 2.05) is 12.1 Å². The van der Waals surface area contributed by atoms with Crippen LogP contribution < -0.4 is 4.90 Å². The highest BCUT2D eigenvalue weighted by Crippen LogP contribution is 2.30. The lowest BCUT2D eigenvalue weighted by Crippen LogP contribution is -2.30. The quantitative estimate of drug-likeness (QED) is 0.912. The van der Waals surface area contributed by atoms with E-state index >= 15 is 0 Å². The molecule has 0 saturated carbocycles. The first-order chi connectivity index (χ1) is 7.70. The van der Waals surface area contributed by atoms with Crippen LogP contribution >= 0.6 is 15.9 Å². The highest BCUT2D eigenvalue weighted by atomic mass is 79.9. The molecule has 0 amide bonds. The second-order valence-electron chi connectivity index (χ2n) is 5.80. The zero-order valence-corrected chi connectivity index (χ0v) is 12.9. The first kappa shape index (κ1) is 14.5. The fraction of sp³-hybridized carbons (Fsp3) is 0.571. The predicted octanol–water partition coefficient (Wildman–Crippen LogP) is 3.98. The van der Waals surface area contributed by atoms with Crippen molar-refractivity contribution in [1.29, 1.82) is 0 Å². The molecule has 3 heteroatoms. The van der Waals surface area contributed by atoms with E-state index in [0.717, 1.165) is 22.3 Å². The van der Waals surface area contributed by atoms with Crippen LogP contribution in [0.1, 0.15) is 39.4 Å². The molecular formula is C14H22BrNO. The van der Waals surface area contributed by atoms with Gasteiger partial charge in [-0.1, -0.05) is 42.8 Å². The van der Waals surface area contributed by atoms with Gasteiger partial charge >= 0.3 is 0 Å². The van der Waals surface area contributed by atoms with Crippen molar-refractivity contribution in [3.8, 4) is 0 Å². The Kier molecular flexibility index (Phi) is 4.62. The summed E-state index contributed by atoms with van der Waals surface area (Å²) in [5.41, 5.74) is 2.29. The summed E-state index contributed by atoms with van der Waals surface area (Å²) in [7, 11) is 2.07. The molecule has 0 aliphatic rings. The average molecular weight is 300 g/mol. The monoisotopic (exact) mass is 299 g/mol. The zero-order valence-electron chi connectivity index (χ0n) is 11.3. The third-order valence-electron chi connectivity index (χ3n) is 2.57. The van der Waals surface area contributed by atoms with E-state index in [1.54, 1.807) is 6.92 Å². The third kappa shape index (κ3) is 4.32. The van der Waals surface area contributed by atoms with Crippen LogP contribution in [0.25, 0.3) is 0 Å². The fourth-order valence-corrected chi connectivity index (χ4v) is 2.35. The highest BCUT2D eigenvalue weighted by Gasteiger charge is 2.17. The summed E-state index contributed by atoms with van der Waals surface area (Å²) in [4.78, 5) is 2.20. The lowest BCUT2D eigenvalue weighted by Gasteiger charge is -2.30. The van der Waals surface area contributed by atoms with Crippen LogP contribution in [0, 0.1) is 5.41 Å². The molecule has 1 aromatic carbocycles. The van der Waals surface area contributed by atoms with Crippen molar-refractivity contribution >= 4 is 21.6 Å². The van der Waals surface area contributed by atoms with Crippen molar-refractivity contribution in [2.45, 2.75) is 33.8 Å². The summed E-state index contributed by atoms with van der Waals surface area (Å²) in [6.45, 7) is 9.39. The summed E-state index contributed by atoms with van der Waals surface area (Å²) in [5.74, 6) is 0. The molecule has 0 aliphatic heterocycles. The molecule has 0 aromatic heterocycles. The van der Waals surface area contributed by atoms with Gasteiger partial charge in [0, 0.05) is 29.3 Å². The molecule has 2 nitrogen and oxygen atoms in total. The molecule has 1 rings (SSSR count). The van der Waals surface area contributed by atoms with Crippen molar-refractivity contribution in [2.75, 3.05) is 18.5 Å². The number of hydrogen-bond donors (Lipinski definition) is 1. The summed E-state index contributed by atoms with van der Waals surface area (Å²) in [6.07, 6.45) is -0.444. The molecule has 1 aromatic rings. The van der Waals surface area contributed by atoms with Crippen molar-refractivity contribution < 1.29 is 5.11 Å². The van der Waals surface area contributed by atoms with Gasteiger partial charge < -0.3 is 10.0 Å². The number of anilines is 1. The Morgan fingerprint density at radius 2 is 1.94 bits per heavy atom. The Labute approximate surface area is 113 Å². The van der Waals surface area contributed by atoms with Gasteiger partial charge in [-0.3, -0.25) is 0 Å². The fourth-order valence-electron chi connectivity index (χ4n) is 2.00. The van der Waals surface area contributed by atoms with E-state index in [2.05, 4.69) is 54.7 Å². The largest absolute Gasteiger partial charge is 0.389 e. The number of halogens is 1. The lowest BCUT2D eigenvalue weighted by molar-refractivity contribution is 0.199. The van der Waals surface area contributed by atoms with E-state index in [-0.39, 0.29) is 5.41 Å². The molecule has 0 bridgehead atoms. The second-order valence-corrected chi connectivity index (χ2v) is 6.71. The van der Waals surface area contributed by atoms with Gasteiger partial charge in [0.1, 0.15) is 0 Å². The average Bonchev–Trinajstić information content (AvgIpc) is 2.14. The summed E-state index contributed by atoms with van der Waals surface area (Å²) < 4.78 is 1.04. The number of aliphatic hydroxyl groups excluding tert-OH is 1. The van der Waals surface area contributed by atoms with Gasteiger partial charge in [0.25, 0.3) is 0 Å². The number of benzene rings is 1. The zero-order chi connectivity index (χ0) is 13.2. The van der Waals surface area contributed by atoms with E-state index in [0.29, 0.717) is 0 Å².